The SMILES string of the molecule is CCOc1ccccc1C=CC(=O)OCC(=O)Nc1ccccc1C(=O)OC. The van der Waals surface area contributed by atoms with Crippen molar-refractivity contribution in [1.82, 2.24) is 0 Å². The van der Waals surface area contributed by atoms with Gasteiger partial charge in [-0.25, -0.2) is 9.59 Å². The number of nitrogens with one attached hydrogen (secondary N) is 1. The van der Waals surface area contributed by atoms with E-state index >= 15 is 0 Å². The lowest BCUT2D eigenvalue weighted by atomic mass is 10.2. The summed E-state index contributed by atoms with van der Waals surface area (Å²) in [7, 11) is 1.25. The fourth-order valence-electron chi connectivity index (χ4n) is 2.31. The van der Waals surface area contributed by atoms with Gasteiger partial charge in [-0.05, 0) is 31.2 Å². The quantitative estimate of drug-likeness (QED) is 0.556. The molecule has 2 aromatic carbocycles. The van der Waals surface area contributed by atoms with Crippen LogP contribution in [0.15, 0.2) is 54.6 Å². The van der Waals surface area contributed by atoms with Gasteiger partial charge in [-0.2, -0.15) is 0 Å². The number of anilines is 1. The van der Waals surface area contributed by atoms with Crippen molar-refractivity contribution in [2.45, 2.75) is 6.92 Å². The van der Waals surface area contributed by atoms with Gasteiger partial charge in [0.05, 0.1) is 25.0 Å². The van der Waals surface area contributed by atoms with E-state index in [9.17, 15) is 14.4 Å². The van der Waals surface area contributed by atoms with E-state index < -0.39 is 24.5 Å². The summed E-state index contributed by atoms with van der Waals surface area (Å²) in [5, 5.41) is 2.52. The molecule has 0 saturated heterocycles. The molecule has 0 aromatic heterocycles. The fourth-order valence-corrected chi connectivity index (χ4v) is 2.31. The molecule has 0 radical (unpaired) electrons. The van der Waals surface area contributed by atoms with Crippen LogP contribution < -0.4 is 10.1 Å². The van der Waals surface area contributed by atoms with E-state index in [-0.39, 0.29) is 11.3 Å². The lowest BCUT2D eigenvalue weighted by Crippen LogP contribution is -2.21. The molecule has 0 unspecified atom stereocenters. The highest BCUT2D eigenvalue weighted by Crippen LogP contribution is 2.19. The van der Waals surface area contributed by atoms with Crippen LogP contribution in [0.4, 0.5) is 5.69 Å². The number of esters is 2. The predicted octanol–water partition coefficient (Wildman–Crippen LogP) is 3.07. The molecule has 0 heterocycles. The summed E-state index contributed by atoms with van der Waals surface area (Å²) >= 11 is 0. The van der Waals surface area contributed by atoms with E-state index in [1.54, 1.807) is 36.4 Å². The topological polar surface area (TPSA) is 90.9 Å². The minimum atomic E-state index is -0.678. The van der Waals surface area contributed by atoms with Crippen LogP contribution in [-0.4, -0.2) is 38.2 Å². The van der Waals surface area contributed by atoms with Gasteiger partial charge in [-0.1, -0.05) is 30.3 Å². The molecule has 2 rings (SSSR count). The summed E-state index contributed by atoms with van der Waals surface area (Å²) in [4.78, 5) is 35.6. The lowest BCUT2D eigenvalue weighted by Gasteiger charge is -2.09. The Morgan fingerprint density at radius 3 is 2.50 bits per heavy atom. The van der Waals surface area contributed by atoms with Gasteiger partial charge >= 0.3 is 11.9 Å². The number of rotatable bonds is 8. The second-order valence-corrected chi connectivity index (χ2v) is 5.50. The van der Waals surface area contributed by atoms with Gasteiger partial charge in [0.2, 0.25) is 0 Å². The maximum Gasteiger partial charge on any atom is 0.339 e. The van der Waals surface area contributed by atoms with Crippen LogP contribution in [0, 0.1) is 0 Å². The Morgan fingerprint density at radius 2 is 1.75 bits per heavy atom. The highest BCUT2D eigenvalue weighted by atomic mass is 16.5. The van der Waals surface area contributed by atoms with Gasteiger partial charge in [0, 0.05) is 11.6 Å². The molecule has 0 saturated carbocycles. The first-order chi connectivity index (χ1) is 13.5. The molecule has 2 aromatic rings. The van der Waals surface area contributed by atoms with Crippen molar-refractivity contribution in [3.05, 3.63) is 65.7 Å². The van der Waals surface area contributed by atoms with Crippen LogP contribution in [0.3, 0.4) is 0 Å². The normalized spacial score (nSPS) is 10.4. The van der Waals surface area contributed by atoms with Crippen molar-refractivity contribution >= 4 is 29.6 Å². The molecule has 0 atom stereocenters. The summed E-state index contributed by atoms with van der Waals surface area (Å²) in [5.41, 5.74) is 1.20. The van der Waals surface area contributed by atoms with Crippen LogP contribution in [-0.2, 0) is 19.1 Å². The third kappa shape index (κ3) is 5.98. The third-order valence-electron chi connectivity index (χ3n) is 3.57. The van der Waals surface area contributed by atoms with Gasteiger partial charge in [0.1, 0.15) is 5.75 Å². The van der Waals surface area contributed by atoms with Crippen molar-refractivity contribution in [3.8, 4) is 5.75 Å². The van der Waals surface area contributed by atoms with Gasteiger partial charge in [0.25, 0.3) is 5.91 Å². The number of amides is 1. The second-order valence-electron chi connectivity index (χ2n) is 5.50. The molecule has 0 bridgehead atoms. The number of hydrogen-bond acceptors (Lipinski definition) is 6. The molecule has 0 aliphatic rings. The average Bonchev–Trinajstić information content (AvgIpc) is 2.71. The Balaban J connectivity index is 1.91. The maximum atomic E-state index is 12.0. The number of ether oxygens (including phenoxy) is 3. The van der Waals surface area contributed by atoms with Crippen LogP contribution in [0.1, 0.15) is 22.8 Å². The zero-order valence-electron chi connectivity index (χ0n) is 15.6. The van der Waals surface area contributed by atoms with E-state index in [1.807, 2.05) is 19.1 Å². The molecule has 28 heavy (non-hydrogen) atoms. The molecular weight excluding hydrogens is 362 g/mol. The Labute approximate surface area is 162 Å². The number of hydrogen-bond donors (Lipinski definition) is 1. The first-order valence-corrected chi connectivity index (χ1v) is 8.59. The molecule has 146 valence electrons. The molecule has 1 N–H and O–H groups in total. The minimum absolute atomic E-state index is 0.206. The Kier molecular flexibility index (Phi) is 7.77. The van der Waals surface area contributed by atoms with Crippen molar-refractivity contribution in [2.24, 2.45) is 0 Å². The molecule has 0 fully saturated rings. The van der Waals surface area contributed by atoms with Gasteiger partial charge in [-0.15, -0.1) is 0 Å². The zero-order chi connectivity index (χ0) is 20.4. The third-order valence-corrected chi connectivity index (χ3v) is 3.57. The largest absolute Gasteiger partial charge is 0.493 e. The predicted molar refractivity (Wildman–Crippen MR) is 104 cm³/mol. The highest BCUT2D eigenvalue weighted by Gasteiger charge is 2.14. The van der Waals surface area contributed by atoms with E-state index in [0.717, 1.165) is 5.56 Å². The molecule has 7 nitrogen and oxygen atoms in total. The molecule has 1 amide bonds. The van der Waals surface area contributed by atoms with Crippen molar-refractivity contribution in [2.75, 3.05) is 25.6 Å². The van der Waals surface area contributed by atoms with Crippen LogP contribution in [0.25, 0.3) is 6.08 Å². The fraction of sp³-hybridized carbons (Fsp3) is 0.190. The van der Waals surface area contributed by atoms with Gasteiger partial charge in [0.15, 0.2) is 6.61 Å². The van der Waals surface area contributed by atoms with Crippen LogP contribution >= 0.6 is 0 Å². The summed E-state index contributed by atoms with van der Waals surface area (Å²) < 4.78 is 15.1. The zero-order valence-corrected chi connectivity index (χ0v) is 15.6. The summed E-state index contributed by atoms with van der Waals surface area (Å²) in [6.07, 6.45) is 2.77. The number of carbonyl (C=O) groups is 3. The molecule has 0 spiro atoms. The van der Waals surface area contributed by atoms with Gasteiger partial charge in [-0.3, -0.25) is 4.79 Å². The standard InChI is InChI=1S/C21H21NO6/c1-3-27-18-11-7-4-8-15(18)12-13-20(24)28-14-19(23)22-17-10-6-5-9-16(17)21(25)26-2/h4-13H,3,14H2,1-2H3,(H,22,23). The van der Waals surface area contributed by atoms with Crippen molar-refractivity contribution < 1.29 is 28.6 Å². The summed E-state index contributed by atoms with van der Waals surface area (Å²) in [6.45, 7) is 1.88. The van der Waals surface area contributed by atoms with Crippen LogP contribution in [0.2, 0.25) is 0 Å². The Morgan fingerprint density at radius 1 is 1.04 bits per heavy atom. The smallest absolute Gasteiger partial charge is 0.339 e. The molecule has 0 aliphatic carbocycles. The van der Waals surface area contributed by atoms with Crippen molar-refractivity contribution in [3.63, 3.8) is 0 Å². The minimum Gasteiger partial charge on any atom is -0.493 e. The highest BCUT2D eigenvalue weighted by molar-refractivity contribution is 6.02. The number of carbonyl (C=O) groups excluding carboxylic acids is 3. The van der Waals surface area contributed by atoms with Gasteiger partial charge < -0.3 is 19.5 Å². The second kappa shape index (κ2) is 10.5. The summed E-state index contributed by atoms with van der Waals surface area (Å²) in [6, 6.07) is 13.6. The van der Waals surface area contributed by atoms with E-state index in [2.05, 4.69) is 10.1 Å². The van der Waals surface area contributed by atoms with E-state index in [4.69, 9.17) is 9.47 Å². The first kappa shape index (κ1) is 20.7. The molecule has 0 aliphatic heterocycles. The lowest BCUT2D eigenvalue weighted by molar-refractivity contribution is -0.142. The number of para-hydroxylation sites is 2. The monoisotopic (exact) mass is 383 g/mol. The number of methoxy groups -OCH3 is 1. The van der Waals surface area contributed by atoms with E-state index in [1.165, 1.54) is 19.3 Å². The Bertz CT molecular complexity index is 875. The maximum absolute atomic E-state index is 12.0. The molecule has 7 heteroatoms. The van der Waals surface area contributed by atoms with E-state index in [0.29, 0.717) is 12.4 Å². The average molecular weight is 383 g/mol. The number of benzene rings is 2. The first-order valence-electron chi connectivity index (χ1n) is 8.59. The Hall–Kier alpha value is -3.61. The molecular formula is C21H21NO6. The summed E-state index contributed by atoms with van der Waals surface area (Å²) in [5.74, 6) is -1.19. The van der Waals surface area contributed by atoms with Crippen LogP contribution in [0.5, 0.6) is 5.75 Å². The van der Waals surface area contributed by atoms with Crippen molar-refractivity contribution in [1.29, 1.82) is 0 Å².